The molecule has 8 aliphatic rings. The van der Waals surface area contributed by atoms with Gasteiger partial charge in [0.05, 0.1) is 59.3 Å². The van der Waals surface area contributed by atoms with Gasteiger partial charge in [-0.1, -0.05) is 45.9 Å². The van der Waals surface area contributed by atoms with Gasteiger partial charge in [0, 0.05) is 106 Å². The Morgan fingerprint density at radius 1 is 0.847 bits per heavy atom. The van der Waals surface area contributed by atoms with E-state index in [4.69, 9.17) is 23.7 Å². The number of benzene rings is 2. The summed E-state index contributed by atoms with van der Waals surface area (Å²) in [7, 11) is 2.84. The zero-order chi connectivity index (χ0) is 61.4. The summed E-state index contributed by atoms with van der Waals surface area (Å²) >= 11 is 0. The number of ketones is 3. The van der Waals surface area contributed by atoms with Gasteiger partial charge < -0.3 is 63.8 Å². The van der Waals surface area contributed by atoms with Crippen LogP contribution >= 0.6 is 0 Å². The van der Waals surface area contributed by atoms with Crippen LogP contribution in [0.15, 0.2) is 64.6 Å². The number of nitrogens with zero attached hydrogens (tertiary/aromatic N) is 4. The number of rotatable bonds is 8. The number of aliphatic hydroxyl groups excluding tert-OH is 2. The molecule has 1 saturated carbocycles. The van der Waals surface area contributed by atoms with Crippen molar-refractivity contribution in [3.63, 3.8) is 0 Å². The molecule has 7 heterocycles. The number of fused-ring (bicyclic) bond motifs is 16. The predicted molar refractivity (Wildman–Crippen MR) is 308 cm³/mol. The maximum atomic E-state index is 16.6. The summed E-state index contributed by atoms with van der Waals surface area (Å²) in [6.45, 7) is 14.4. The molecule has 22 heteroatoms. The molecule has 2 aliphatic carbocycles. The molecule has 2 unspecified atom stereocenters. The number of likely N-dealkylation sites (tertiary alicyclic amines) is 2. The second-order valence-corrected chi connectivity index (χ2v) is 24.3. The highest BCUT2D eigenvalue weighted by Gasteiger charge is 2.54. The van der Waals surface area contributed by atoms with Crippen LogP contribution in [0.3, 0.4) is 0 Å². The van der Waals surface area contributed by atoms with Gasteiger partial charge in [0.15, 0.2) is 11.6 Å². The zero-order valence-corrected chi connectivity index (χ0v) is 49.6. The molecule has 3 aromatic rings. The van der Waals surface area contributed by atoms with E-state index in [1.807, 2.05) is 4.90 Å². The molecule has 2 aromatic carbocycles. The number of amides is 1. The molecule has 0 radical (unpaired) electrons. The van der Waals surface area contributed by atoms with Crippen molar-refractivity contribution in [3.05, 3.63) is 104 Å². The number of esters is 1. The number of piperidine rings is 2. The monoisotopic (exact) mass is 1180 g/mol. The van der Waals surface area contributed by atoms with Gasteiger partial charge in [-0.15, -0.1) is 0 Å². The Kier molecular flexibility index (Phi) is 16.8. The Labute approximate surface area is 491 Å². The number of aliphatic hydroxyl groups is 2. The lowest BCUT2D eigenvalue weighted by atomic mass is 9.78. The second-order valence-electron chi connectivity index (χ2n) is 24.3. The first-order valence-corrected chi connectivity index (χ1v) is 29.3. The molecule has 4 fully saturated rings. The minimum Gasteiger partial charge on any atom is -0.507 e. The normalized spacial score (nSPS) is 29.9. The van der Waals surface area contributed by atoms with Gasteiger partial charge >= 0.3 is 17.7 Å². The molecule has 456 valence electrons. The number of allylic oxidation sites excluding steroid dienone is 4. The average Bonchev–Trinajstić information content (AvgIpc) is 1.72. The summed E-state index contributed by atoms with van der Waals surface area (Å²) in [5.74, 6) is -11.4. The van der Waals surface area contributed by atoms with E-state index in [0.29, 0.717) is 31.4 Å². The van der Waals surface area contributed by atoms with Gasteiger partial charge in [-0.05, 0) is 77.0 Å². The average molecular weight is 1180 g/mol. The standard InChI is InChI=1S/C63H76FN5O16/c1-29-13-11-14-30(2)61(78)65-47-50(66-22-18-38(19-23-66)68-21-12-15-36-26-67(28-42(36)68)49-41(64)25-39-48(59(49)82-10)69(37-16-17-37)27-40(54(39)74)62(79)80)56(76)44-45(55(47)75)53(73)34(6)58-46(44)60(77)63(8,85-58)83-24-20-43(81-9)31(3)57(84-35(7)70)33(5)52(72)32(4)51(29)71/h11,13-14,20,24-25,27,29,31-33,36-38,42-43,51-52,57,71-73H,12,15-19,21-23,26,28H2,1-10H3,(H,65,78)(H,79,80)/t29-,31+,32+,33+,36?,42?,43-,51-,52+,57+,63-/m0/s1. The number of hydrogen-bond acceptors (Lipinski definition) is 18. The number of Topliss-reactive ketones (excluding diaryl/α,β-unsaturated/α-hetero) is 3. The summed E-state index contributed by atoms with van der Waals surface area (Å²) in [5, 5.41) is 47.7. The highest BCUT2D eigenvalue weighted by Crippen LogP contribution is 2.50. The summed E-state index contributed by atoms with van der Waals surface area (Å²) in [4.78, 5) is 104. The molecule has 21 nitrogen and oxygen atoms in total. The number of carbonyl (C=O) groups excluding carboxylic acids is 5. The van der Waals surface area contributed by atoms with Gasteiger partial charge in [-0.3, -0.25) is 33.7 Å². The van der Waals surface area contributed by atoms with Crippen LogP contribution in [0.25, 0.3) is 10.9 Å². The fourth-order valence-corrected chi connectivity index (χ4v) is 14.0. The number of anilines is 1. The number of nitrogens with one attached hydrogen (secondary N) is 1. The highest BCUT2D eigenvalue weighted by atomic mass is 19.1. The van der Waals surface area contributed by atoms with Crippen LogP contribution in [0.1, 0.15) is 140 Å². The number of carboxylic acid groups (broad SMARTS) is 1. The molecule has 1 amide bonds. The number of hydrogen-bond donors (Lipinski definition) is 5. The number of phenols is 1. The van der Waals surface area contributed by atoms with Crippen LogP contribution in [0, 0.1) is 42.3 Å². The van der Waals surface area contributed by atoms with E-state index in [-0.39, 0.29) is 82.1 Å². The van der Waals surface area contributed by atoms with E-state index in [9.17, 15) is 44.4 Å². The number of halogens is 1. The first-order valence-electron chi connectivity index (χ1n) is 29.3. The number of carbonyl (C=O) groups is 6. The molecule has 1 aromatic heterocycles. The Morgan fingerprint density at radius 2 is 1.55 bits per heavy atom. The van der Waals surface area contributed by atoms with Gasteiger partial charge in [0.1, 0.15) is 40.2 Å². The smallest absolute Gasteiger partial charge is 0.341 e. The van der Waals surface area contributed by atoms with Gasteiger partial charge in [0.25, 0.3) is 11.7 Å². The van der Waals surface area contributed by atoms with E-state index in [1.165, 1.54) is 66.5 Å². The number of aromatic hydroxyl groups is 1. The summed E-state index contributed by atoms with van der Waals surface area (Å²) in [6, 6.07) is 0.974. The summed E-state index contributed by atoms with van der Waals surface area (Å²) < 4.78 is 48.3. The van der Waals surface area contributed by atoms with Crippen LogP contribution in [-0.4, -0.2) is 159 Å². The van der Waals surface area contributed by atoms with Crippen molar-refractivity contribution in [1.29, 1.82) is 0 Å². The molecule has 11 atom stereocenters. The molecule has 11 rings (SSSR count). The van der Waals surface area contributed by atoms with Crippen molar-refractivity contribution in [2.75, 3.05) is 51.8 Å². The van der Waals surface area contributed by atoms with Crippen molar-refractivity contribution < 1.29 is 77.3 Å². The van der Waals surface area contributed by atoms with Crippen LogP contribution in [0.5, 0.6) is 17.2 Å². The summed E-state index contributed by atoms with van der Waals surface area (Å²) in [6.07, 6.45) is 8.78. The number of ether oxygens (including phenoxy) is 5. The number of phenolic OH excluding ortho intramolecular Hbond substituents is 1. The van der Waals surface area contributed by atoms with Crippen LogP contribution in [0.4, 0.5) is 10.1 Å². The minimum absolute atomic E-state index is 0.0353. The third-order valence-electron chi connectivity index (χ3n) is 18.9. The van der Waals surface area contributed by atoms with Crippen molar-refractivity contribution in [1.82, 2.24) is 19.7 Å². The van der Waals surface area contributed by atoms with Crippen molar-refractivity contribution in [3.8, 4) is 17.2 Å². The third kappa shape index (κ3) is 10.7. The number of pyridine rings is 1. The zero-order valence-electron chi connectivity index (χ0n) is 49.6. The fraction of sp³-hybridized carbons (Fsp3) is 0.540. The Bertz CT molecular complexity index is 3470. The third-order valence-corrected chi connectivity index (χ3v) is 18.9. The molecule has 85 heavy (non-hydrogen) atoms. The Balaban J connectivity index is 0.977. The quantitative estimate of drug-likeness (QED) is 0.150. The number of aromatic carboxylic acids is 1. The van der Waals surface area contributed by atoms with Crippen LogP contribution < -0.4 is 25.1 Å². The molecule has 0 spiro atoms. The molecule has 5 N–H and O–H groups in total. The van der Waals surface area contributed by atoms with Crippen molar-refractivity contribution >= 4 is 51.8 Å². The van der Waals surface area contributed by atoms with Crippen molar-refractivity contribution in [2.45, 2.75) is 142 Å². The van der Waals surface area contributed by atoms with E-state index in [0.717, 1.165) is 38.3 Å². The van der Waals surface area contributed by atoms with E-state index in [2.05, 4.69) is 10.2 Å². The largest absolute Gasteiger partial charge is 0.507 e. The molecule has 5 bridgehead atoms. The first kappa shape index (κ1) is 60.7. The number of aromatic nitrogens is 1. The lowest BCUT2D eigenvalue weighted by Gasteiger charge is -2.46. The minimum atomic E-state index is -2.16. The second kappa shape index (κ2) is 23.5. The first-order chi connectivity index (χ1) is 40.3. The van der Waals surface area contributed by atoms with E-state index >= 15 is 14.0 Å². The van der Waals surface area contributed by atoms with Crippen LogP contribution in [0.2, 0.25) is 0 Å². The molecular formula is C63H76FN5O16. The molecule has 3 saturated heterocycles. The lowest BCUT2D eigenvalue weighted by Crippen LogP contribution is -2.54. The Hall–Kier alpha value is -7.40. The van der Waals surface area contributed by atoms with Crippen LogP contribution in [-0.2, 0) is 23.8 Å². The summed E-state index contributed by atoms with van der Waals surface area (Å²) in [5.41, 5.74) is -2.39. The lowest BCUT2D eigenvalue weighted by molar-refractivity contribution is -0.160. The fourth-order valence-electron chi connectivity index (χ4n) is 14.0. The van der Waals surface area contributed by atoms with E-state index < -0.39 is 128 Å². The van der Waals surface area contributed by atoms with Gasteiger partial charge in [-0.25, -0.2) is 9.18 Å². The van der Waals surface area contributed by atoms with Crippen molar-refractivity contribution in [2.24, 2.45) is 29.6 Å². The number of methoxy groups -OCH3 is 2. The van der Waals surface area contributed by atoms with Gasteiger partial charge in [0.2, 0.25) is 17.0 Å². The highest BCUT2D eigenvalue weighted by molar-refractivity contribution is 6.32. The maximum Gasteiger partial charge on any atom is 0.341 e. The maximum absolute atomic E-state index is 16.6. The predicted octanol–water partition coefficient (Wildman–Crippen LogP) is 6.52. The topological polar surface area (TPSA) is 273 Å². The Morgan fingerprint density at radius 3 is 2.20 bits per heavy atom. The number of carboxylic acids is 1. The SMILES string of the molecule is COc1c(N2CC3CCCN(C4CCN(C5=C6NC(=O)C(C)=CC=C[C@H](C)[C@H](O)[C@@H](C)[C@@H](O)[C@@H](C)[C@H](OC(C)=O)[C@H](C)[C@@H](OC)C=CO[C@@]7(C)Oc8c(C)c(O)c(c(c8C7=O)C5=O)C6=O)CC4)C3C2)c(F)cc2c(=O)c(C(=O)O)cn(C3CC3)c12. The van der Waals surface area contributed by atoms with E-state index in [1.54, 1.807) is 49.3 Å². The van der Waals surface area contributed by atoms with Gasteiger partial charge in [-0.2, -0.15) is 0 Å². The molecule has 6 aliphatic heterocycles. The molecular weight excluding hydrogens is 1100 g/mol.